The molecule has 1 aromatic carbocycles. The molecule has 29 heavy (non-hydrogen) atoms. The van der Waals surface area contributed by atoms with Crippen LogP contribution in [-0.4, -0.2) is 41.0 Å². The van der Waals surface area contributed by atoms with E-state index in [1.54, 1.807) is 9.80 Å². The number of nitrogens with zero attached hydrogens (tertiary/aromatic N) is 2. The maximum atomic E-state index is 13.3. The van der Waals surface area contributed by atoms with Crippen molar-refractivity contribution in [2.75, 3.05) is 11.4 Å². The first-order valence-corrected chi connectivity index (χ1v) is 10.1. The van der Waals surface area contributed by atoms with Gasteiger partial charge in [-0.1, -0.05) is 24.3 Å². The molecule has 2 atom stereocenters. The summed E-state index contributed by atoms with van der Waals surface area (Å²) in [5.74, 6) is 0. The summed E-state index contributed by atoms with van der Waals surface area (Å²) in [5, 5.41) is 0. The Kier molecular flexibility index (Phi) is 5.18. The van der Waals surface area contributed by atoms with Crippen LogP contribution in [0.2, 0.25) is 0 Å². The van der Waals surface area contributed by atoms with E-state index >= 15 is 0 Å². The van der Waals surface area contributed by atoms with E-state index in [1.165, 1.54) is 0 Å². The number of para-hydroxylation sites is 1. The Bertz CT molecular complexity index is 821. The zero-order valence-electron chi connectivity index (χ0n) is 18.3. The lowest BCUT2D eigenvalue weighted by atomic mass is 9.76. The third kappa shape index (κ3) is 3.85. The number of fused-ring (bicyclic) bond motifs is 3. The molecule has 6 heteroatoms. The Morgan fingerprint density at radius 3 is 2.28 bits per heavy atom. The van der Waals surface area contributed by atoms with Crippen LogP contribution in [0.1, 0.15) is 59.9 Å². The normalized spacial score (nSPS) is 23.4. The molecule has 2 heterocycles. The van der Waals surface area contributed by atoms with Crippen LogP contribution in [0.3, 0.4) is 0 Å². The van der Waals surface area contributed by atoms with Crippen molar-refractivity contribution in [3.05, 3.63) is 42.5 Å². The maximum Gasteiger partial charge on any atom is 0.416 e. The van der Waals surface area contributed by atoms with Crippen molar-refractivity contribution in [1.29, 1.82) is 0 Å². The summed E-state index contributed by atoms with van der Waals surface area (Å²) in [6, 6.07) is 7.82. The lowest BCUT2D eigenvalue weighted by molar-refractivity contribution is 0.0178. The van der Waals surface area contributed by atoms with Gasteiger partial charge in [-0.2, -0.15) is 0 Å². The molecule has 2 aliphatic heterocycles. The number of hydrogen-bond donors (Lipinski definition) is 0. The number of amides is 2. The van der Waals surface area contributed by atoms with Gasteiger partial charge in [-0.3, -0.25) is 9.80 Å². The van der Waals surface area contributed by atoms with Gasteiger partial charge in [-0.15, -0.1) is 6.58 Å². The zero-order chi connectivity index (χ0) is 21.6. The summed E-state index contributed by atoms with van der Waals surface area (Å²) in [7, 11) is 0. The average molecular weight is 401 g/mol. The van der Waals surface area contributed by atoms with E-state index in [2.05, 4.69) is 6.58 Å². The van der Waals surface area contributed by atoms with Crippen LogP contribution in [0.25, 0.3) is 0 Å². The van der Waals surface area contributed by atoms with Gasteiger partial charge in [0.15, 0.2) is 0 Å². The van der Waals surface area contributed by atoms with Crippen LogP contribution < -0.4 is 4.90 Å². The van der Waals surface area contributed by atoms with Gasteiger partial charge >= 0.3 is 12.2 Å². The number of hydrogen-bond acceptors (Lipinski definition) is 4. The SMILES string of the molecule is C=CC[C@@]12CCN(C(=O)OC(C)(C)C)[C@@H]1N(C(=O)OC(C)(C)C)c1ccccc12. The van der Waals surface area contributed by atoms with Crippen LogP contribution in [0, 0.1) is 0 Å². The van der Waals surface area contributed by atoms with Crippen molar-refractivity contribution in [2.24, 2.45) is 0 Å². The highest BCUT2D eigenvalue weighted by Crippen LogP contribution is 2.54. The van der Waals surface area contributed by atoms with Crippen molar-refractivity contribution < 1.29 is 19.1 Å². The second-order valence-corrected chi connectivity index (χ2v) is 9.81. The summed E-state index contributed by atoms with van der Waals surface area (Å²) in [6.45, 7) is 15.5. The summed E-state index contributed by atoms with van der Waals surface area (Å²) in [4.78, 5) is 29.6. The Morgan fingerprint density at radius 2 is 1.69 bits per heavy atom. The van der Waals surface area contributed by atoms with E-state index in [9.17, 15) is 9.59 Å². The fourth-order valence-electron chi connectivity index (χ4n) is 4.36. The van der Waals surface area contributed by atoms with Crippen LogP contribution in [0.4, 0.5) is 15.3 Å². The summed E-state index contributed by atoms with van der Waals surface area (Å²) < 4.78 is 11.4. The van der Waals surface area contributed by atoms with Crippen LogP contribution in [0.15, 0.2) is 36.9 Å². The van der Waals surface area contributed by atoms with Gasteiger partial charge < -0.3 is 9.47 Å². The Hall–Kier alpha value is -2.50. The smallest absolute Gasteiger partial charge is 0.416 e. The van der Waals surface area contributed by atoms with E-state index in [0.29, 0.717) is 13.0 Å². The van der Waals surface area contributed by atoms with E-state index in [4.69, 9.17) is 9.47 Å². The fraction of sp³-hybridized carbons (Fsp3) is 0.565. The highest BCUT2D eigenvalue weighted by Gasteiger charge is 2.60. The predicted molar refractivity (Wildman–Crippen MR) is 113 cm³/mol. The van der Waals surface area contributed by atoms with Gasteiger partial charge in [-0.25, -0.2) is 9.59 Å². The molecular formula is C23H32N2O4. The van der Waals surface area contributed by atoms with E-state index < -0.39 is 35.0 Å². The van der Waals surface area contributed by atoms with Crippen molar-refractivity contribution in [1.82, 2.24) is 4.90 Å². The third-order valence-electron chi connectivity index (χ3n) is 5.26. The summed E-state index contributed by atoms with van der Waals surface area (Å²) in [6.07, 6.45) is 1.83. The minimum absolute atomic E-state index is 0.421. The molecule has 2 aliphatic rings. The molecule has 0 saturated carbocycles. The molecule has 3 rings (SSSR count). The number of rotatable bonds is 2. The van der Waals surface area contributed by atoms with Crippen molar-refractivity contribution in [3.63, 3.8) is 0 Å². The third-order valence-corrected chi connectivity index (χ3v) is 5.26. The fourth-order valence-corrected chi connectivity index (χ4v) is 4.36. The zero-order valence-corrected chi connectivity index (χ0v) is 18.3. The molecule has 1 fully saturated rings. The number of allylic oxidation sites excluding steroid dienone is 1. The minimum Gasteiger partial charge on any atom is -0.444 e. The molecule has 2 amide bonds. The molecule has 0 bridgehead atoms. The van der Waals surface area contributed by atoms with Gasteiger partial charge in [0.25, 0.3) is 0 Å². The molecule has 1 aromatic rings. The average Bonchev–Trinajstić information content (AvgIpc) is 3.05. The topological polar surface area (TPSA) is 59.1 Å². The Balaban J connectivity index is 2.09. The molecule has 158 valence electrons. The van der Waals surface area contributed by atoms with Gasteiger partial charge in [0, 0.05) is 12.0 Å². The lowest BCUT2D eigenvalue weighted by Gasteiger charge is -2.37. The molecular weight excluding hydrogens is 368 g/mol. The highest BCUT2D eigenvalue weighted by molar-refractivity contribution is 5.94. The monoisotopic (exact) mass is 400 g/mol. The summed E-state index contributed by atoms with van der Waals surface area (Å²) >= 11 is 0. The Morgan fingerprint density at radius 1 is 1.10 bits per heavy atom. The molecule has 0 spiro atoms. The van der Waals surface area contributed by atoms with Crippen LogP contribution in [-0.2, 0) is 14.9 Å². The first-order chi connectivity index (χ1) is 13.4. The van der Waals surface area contributed by atoms with Gasteiger partial charge in [0.05, 0.1) is 5.69 Å². The molecule has 0 radical (unpaired) electrons. The minimum atomic E-state index is -0.648. The standard InChI is InChI=1S/C23H32N2O4/c1-8-13-23-14-15-24(19(26)28-21(2,3)4)18(23)25(20(27)29-22(5,6)7)17-12-10-9-11-16(17)23/h8-12,18H,1,13-15H2,2-7H3/t18-,23+/m1/s1. The quantitative estimate of drug-likeness (QED) is 0.639. The number of anilines is 1. The number of ether oxygens (including phenoxy) is 2. The van der Waals surface area contributed by atoms with Crippen LogP contribution >= 0.6 is 0 Å². The first-order valence-electron chi connectivity index (χ1n) is 10.1. The van der Waals surface area contributed by atoms with Crippen molar-refractivity contribution >= 4 is 17.9 Å². The molecule has 0 aliphatic carbocycles. The van der Waals surface area contributed by atoms with Gasteiger partial charge in [0.1, 0.15) is 17.4 Å². The predicted octanol–water partition coefficient (Wildman–Crippen LogP) is 5.22. The second kappa shape index (κ2) is 7.08. The highest BCUT2D eigenvalue weighted by atomic mass is 16.6. The van der Waals surface area contributed by atoms with Crippen molar-refractivity contribution in [3.8, 4) is 0 Å². The molecule has 0 N–H and O–H groups in total. The van der Waals surface area contributed by atoms with Crippen molar-refractivity contribution in [2.45, 2.75) is 77.2 Å². The van der Waals surface area contributed by atoms with Gasteiger partial charge in [-0.05, 0) is 66.0 Å². The Labute approximate surface area is 173 Å². The second-order valence-electron chi connectivity index (χ2n) is 9.81. The molecule has 6 nitrogen and oxygen atoms in total. The number of carbonyl (C=O) groups is 2. The number of benzene rings is 1. The summed E-state index contributed by atoms with van der Waals surface area (Å²) in [5.41, 5.74) is 0.129. The van der Waals surface area contributed by atoms with Gasteiger partial charge in [0.2, 0.25) is 0 Å². The lowest BCUT2D eigenvalue weighted by Crippen LogP contribution is -2.55. The number of likely N-dealkylation sites (tertiary alicyclic amines) is 1. The number of carbonyl (C=O) groups excluding carboxylic acids is 2. The molecule has 1 saturated heterocycles. The van der Waals surface area contributed by atoms with E-state index in [1.807, 2.05) is 71.9 Å². The van der Waals surface area contributed by atoms with E-state index in [-0.39, 0.29) is 0 Å². The molecule has 0 aromatic heterocycles. The molecule has 0 unspecified atom stereocenters. The first kappa shape index (κ1) is 21.2. The maximum absolute atomic E-state index is 13.3. The van der Waals surface area contributed by atoms with E-state index in [0.717, 1.165) is 17.7 Å². The largest absolute Gasteiger partial charge is 0.444 e. The van der Waals surface area contributed by atoms with Crippen LogP contribution in [0.5, 0.6) is 0 Å².